The van der Waals surface area contributed by atoms with E-state index in [1.807, 2.05) is 45.0 Å². The van der Waals surface area contributed by atoms with Gasteiger partial charge in [0.15, 0.2) is 0 Å². The average molecular weight is 298 g/mol. The maximum Gasteiger partial charge on any atom is 0.265 e. The van der Waals surface area contributed by atoms with Crippen LogP contribution in [0.4, 0.5) is 5.69 Å². The van der Waals surface area contributed by atoms with Gasteiger partial charge in [-0.15, -0.1) is 11.3 Å². The van der Waals surface area contributed by atoms with Gasteiger partial charge in [-0.1, -0.05) is 24.0 Å². The molecule has 0 spiro atoms. The molecule has 4 heteroatoms. The molecule has 108 valence electrons. The van der Waals surface area contributed by atoms with Crippen molar-refractivity contribution < 1.29 is 4.79 Å². The number of rotatable bonds is 2. The SMILES string of the molecule is Cc1cc(C(=O)Nc2cccc(C)c2C)sc1C#CCN. The summed E-state index contributed by atoms with van der Waals surface area (Å²) in [6.07, 6.45) is 0. The first-order valence-electron chi connectivity index (χ1n) is 6.70. The predicted octanol–water partition coefficient (Wildman–Crippen LogP) is 3.24. The van der Waals surface area contributed by atoms with Crippen molar-refractivity contribution in [2.45, 2.75) is 20.8 Å². The molecule has 0 aliphatic carbocycles. The Morgan fingerprint density at radius 2 is 2.05 bits per heavy atom. The van der Waals surface area contributed by atoms with E-state index in [0.29, 0.717) is 11.4 Å². The molecule has 3 N–H and O–H groups in total. The van der Waals surface area contributed by atoms with Crippen molar-refractivity contribution in [3.63, 3.8) is 0 Å². The normalized spacial score (nSPS) is 9.90. The van der Waals surface area contributed by atoms with Crippen molar-refractivity contribution in [3.05, 3.63) is 50.7 Å². The van der Waals surface area contributed by atoms with Gasteiger partial charge in [0.1, 0.15) is 0 Å². The number of amides is 1. The van der Waals surface area contributed by atoms with E-state index in [1.165, 1.54) is 11.3 Å². The fraction of sp³-hybridized carbons (Fsp3) is 0.235. The van der Waals surface area contributed by atoms with Crippen molar-refractivity contribution >= 4 is 22.9 Å². The van der Waals surface area contributed by atoms with Crippen LogP contribution in [-0.4, -0.2) is 12.5 Å². The van der Waals surface area contributed by atoms with Crippen LogP contribution in [0, 0.1) is 32.6 Å². The number of nitrogens with one attached hydrogen (secondary N) is 1. The van der Waals surface area contributed by atoms with Crippen molar-refractivity contribution in [1.29, 1.82) is 0 Å². The molecular weight excluding hydrogens is 280 g/mol. The van der Waals surface area contributed by atoms with E-state index in [-0.39, 0.29) is 5.91 Å². The molecule has 1 heterocycles. The van der Waals surface area contributed by atoms with Crippen LogP contribution >= 0.6 is 11.3 Å². The second-order valence-corrected chi connectivity index (χ2v) is 5.88. The third-order valence-electron chi connectivity index (χ3n) is 3.30. The third-order valence-corrected chi connectivity index (χ3v) is 4.45. The molecule has 0 saturated heterocycles. The Morgan fingerprint density at radius 3 is 2.76 bits per heavy atom. The molecule has 0 aliphatic heterocycles. The van der Waals surface area contributed by atoms with Gasteiger partial charge in [0.25, 0.3) is 5.91 Å². The third kappa shape index (κ3) is 3.52. The van der Waals surface area contributed by atoms with Gasteiger partial charge in [-0.2, -0.15) is 0 Å². The monoisotopic (exact) mass is 298 g/mol. The van der Waals surface area contributed by atoms with E-state index < -0.39 is 0 Å². The molecule has 1 amide bonds. The van der Waals surface area contributed by atoms with Crippen LogP contribution in [0.3, 0.4) is 0 Å². The highest BCUT2D eigenvalue weighted by atomic mass is 32.1. The standard InChI is InChI=1S/C17H18N2OS/c1-11-6-4-7-14(13(11)3)19-17(20)16-10-12(2)15(21-16)8-5-9-18/h4,6-7,10H,9,18H2,1-3H3,(H,19,20). The molecule has 3 nitrogen and oxygen atoms in total. The Labute approximate surface area is 129 Å². The summed E-state index contributed by atoms with van der Waals surface area (Å²) in [5.41, 5.74) is 9.47. The molecule has 1 aromatic heterocycles. The lowest BCUT2D eigenvalue weighted by atomic mass is 10.1. The molecule has 0 radical (unpaired) electrons. The van der Waals surface area contributed by atoms with Gasteiger partial charge in [-0.25, -0.2) is 0 Å². The molecular formula is C17H18N2OS. The van der Waals surface area contributed by atoms with Crippen LogP contribution in [0.25, 0.3) is 0 Å². The largest absolute Gasteiger partial charge is 0.321 e. The van der Waals surface area contributed by atoms with Crippen LogP contribution < -0.4 is 11.1 Å². The number of anilines is 1. The number of hydrogen-bond donors (Lipinski definition) is 2. The summed E-state index contributed by atoms with van der Waals surface area (Å²) in [6, 6.07) is 7.75. The molecule has 2 rings (SSSR count). The fourth-order valence-corrected chi connectivity index (χ4v) is 2.86. The maximum absolute atomic E-state index is 12.3. The van der Waals surface area contributed by atoms with Crippen molar-refractivity contribution in [2.24, 2.45) is 5.73 Å². The summed E-state index contributed by atoms with van der Waals surface area (Å²) in [5.74, 6) is 5.72. The van der Waals surface area contributed by atoms with E-state index in [2.05, 4.69) is 17.2 Å². The minimum absolute atomic E-state index is 0.0994. The lowest BCUT2D eigenvalue weighted by Crippen LogP contribution is -2.11. The Kier molecular flexibility index (Phi) is 4.79. The van der Waals surface area contributed by atoms with Gasteiger partial charge in [0.05, 0.1) is 16.3 Å². The number of hydrogen-bond acceptors (Lipinski definition) is 3. The number of aryl methyl sites for hydroxylation is 2. The predicted molar refractivity (Wildman–Crippen MR) is 88.9 cm³/mol. The van der Waals surface area contributed by atoms with Crippen LogP contribution in [0.2, 0.25) is 0 Å². The lowest BCUT2D eigenvalue weighted by Gasteiger charge is -2.09. The number of thiophene rings is 1. The van der Waals surface area contributed by atoms with Crippen molar-refractivity contribution in [3.8, 4) is 11.8 Å². The minimum Gasteiger partial charge on any atom is -0.321 e. The summed E-state index contributed by atoms with van der Waals surface area (Å²) in [4.78, 5) is 13.9. The number of carbonyl (C=O) groups excluding carboxylic acids is 1. The molecule has 0 fully saturated rings. The molecule has 0 aliphatic rings. The Morgan fingerprint density at radius 1 is 1.29 bits per heavy atom. The van der Waals surface area contributed by atoms with E-state index in [1.54, 1.807) is 0 Å². The van der Waals surface area contributed by atoms with Gasteiger partial charge < -0.3 is 11.1 Å². The summed E-state index contributed by atoms with van der Waals surface area (Å²) in [5, 5.41) is 2.96. The van der Waals surface area contributed by atoms with Crippen LogP contribution in [0.1, 0.15) is 31.2 Å². The Bertz CT molecular complexity index is 735. The van der Waals surface area contributed by atoms with Gasteiger partial charge >= 0.3 is 0 Å². The van der Waals surface area contributed by atoms with E-state index in [0.717, 1.165) is 27.3 Å². The van der Waals surface area contributed by atoms with E-state index >= 15 is 0 Å². The second-order valence-electron chi connectivity index (χ2n) is 4.83. The quantitative estimate of drug-likeness (QED) is 0.836. The summed E-state index contributed by atoms with van der Waals surface area (Å²) < 4.78 is 0. The van der Waals surface area contributed by atoms with Gasteiger partial charge in [-0.05, 0) is 49.6 Å². The molecule has 1 aromatic carbocycles. The smallest absolute Gasteiger partial charge is 0.265 e. The first-order valence-corrected chi connectivity index (χ1v) is 7.51. The highest BCUT2D eigenvalue weighted by Crippen LogP contribution is 2.24. The molecule has 21 heavy (non-hydrogen) atoms. The average Bonchev–Trinajstić information content (AvgIpc) is 2.83. The molecule has 0 saturated carbocycles. The van der Waals surface area contributed by atoms with Gasteiger partial charge in [0, 0.05) is 5.69 Å². The number of carbonyl (C=O) groups is 1. The van der Waals surface area contributed by atoms with Gasteiger partial charge in [0.2, 0.25) is 0 Å². The van der Waals surface area contributed by atoms with Crippen LogP contribution in [0.5, 0.6) is 0 Å². The van der Waals surface area contributed by atoms with Gasteiger partial charge in [-0.3, -0.25) is 4.79 Å². The fourth-order valence-electron chi connectivity index (χ4n) is 1.92. The number of benzene rings is 1. The van der Waals surface area contributed by atoms with Crippen LogP contribution in [0.15, 0.2) is 24.3 Å². The number of nitrogens with two attached hydrogens (primary N) is 1. The summed E-state index contributed by atoms with van der Waals surface area (Å²) in [6.45, 7) is 6.30. The Hall–Kier alpha value is -2.09. The molecule has 0 bridgehead atoms. The highest BCUT2D eigenvalue weighted by Gasteiger charge is 2.13. The first kappa shape index (κ1) is 15.3. The molecule has 0 atom stereocenters. The van der Waals surface area contributed by atoms with Crippen molar-refractivity contribution in [1.82, 2.24) is 0 Å². The first-order chi connectivity index (χ1) is 10.0. The zero-order valence-electron chi connectivity index (χ0n) is 12.4. The van der Waals surface area contributed by atoms with Crippen molar-refractivity contribution in [2.75, 3.05) is 11.9 Å². The van der Waals surface area contributed by atoms with E-state index in [9.17, 15) is 4.79 Å². The van der Waals surface area contributed by atoms with Crippen LogP contribution in [-0.2, 0) is 0 Å². The topological polar surface area (TPSA) is 55.1 Å². The zero-order valence-corrected chi connectivity index (χ0v) is 13.2. The summed E-state index contributed by atoms with van der Waals surface area (Å²) in [7, 11) is 0. The zero-order chi connectivity index (χ0) is 15.4. The summed E-state index contributed by atoms with van der Waals surface area (Å²) >= 11 is 1.40. The molecule has 0 unspecified atom stereocenters. The van der Waals surface area contributed by atoms with E-state index in [4.69, 9.17) is 5.73 Å². The highest BCUT2D eigenvalue weighted by molar-refractivity contribution is 7.14. The second kappa shape index (κ2) is 6.57. The lowest BCUT2D eigenvalue weighted by molar-refractivity contribution is 0.103. The maximum atomic E-state index is 12.3. The minimum atomic E-state index is -0.0994. The molecule has 2 aromatic rings. The Balaban J connectivity index is 2.23.